The van der Waals surface area contributed by atoms with E-state index in [1.54, 1.807) is 18.5 Å². The standard InChI is InChI=1S/C16H16ClNO4/c1-3-21-14-8-12(16(19)20-2)7-13(17)15(14)22-10-11-5-4-6-18-9-11/h4-9H,3,10H2,1-2H3. The average molecular weight is 322 g/mol. The number of benzene rings is 1. The minimum atomic E-state index is -0.485. The van der Waals surface area contributed by atoms with Crippen LogP contribution in [-0.2, 0) is 11.3 Å². The van der Waals surface area contributed by atoms with E-state index in [9.17, 15) is 4.79 Å². The smallest absolute Gasteiger partial charge is 0.338 e. The normalized spacial score (nSPS) is 10.1. The monoisotopic (exact) mass is 321 g/mol. The van der Waals surface area contributed by atoms with Crippen LogP contribution in [0, 0.1) is 0 Å². The first kappa shape index (κ1) is 16.1. The molecule has 0 aliphatic carbocycles. The number of nitrogens with zero attached hydrogens (tertiary/aromatic N) is 1. The van der Waals surface area contributed by atoms with E-state index in [0.717, 1.165) is 5.56 Å². The Hall–Kier alpha value is -2.27. The summed E-state index contributed by atoms with van der Waals surface area (Å²) in [6.45, 7) is 2.55. The van der Waals surface area contributed by atoms with Gasteiger partial charge in [-0.2, -0.15) is 0 Å². The van der Waals surface area contributed by atoms with E-state index in [-0.39, 0.29) is 5.02 Å². The fourth-order valence-corrected chi connectivity index (χ4v) is 2.11. The molecule has 0 spiro atoms. The fraction of sp³-hybridized carbons (Fsp3) is 0.250. The molecular formula is C16H16ClNO4. The molecule has 0 saturated carbocycles. The Morgan fingerprint density at radius 2 is 2.14 bits per heavy atom. The summed E-state index contributed by atoms with van der Waals surface area (Å²) in [5.41, 5.74) is 1.21. The molecule has 0 N–H and O–H groups in total. The number of hydrogen-bond donors (Lipinski definition) is 0. The van der Waals surface area contributed by atoms with Gasteiger partial charge in [0.25, 0.3) is 0 Å². The number of esters is 1. The van der Waals surface area contributed by atoms with Gasteiger partial charge in [0.1, 0.15) is 6.61 Å². The molecule has 2 rings (SSSR count). The van der Waals surface area contributed by atoms with E-state index in [1.807, 2.05) is 19.1 Å². The number of carbonyl (C=O) groups excluding carboxylic acids is 1. The molecule has 0 fully saturated rings. The van der Waals surface area contributed by atoms with Crippen LogP contribution in [0.1, 0.15) is 22.8 Å². The van der Waals surface area contributed by atoms with E-state index in [2.05, 4.69) is 4.98 Å². The minimum absolute atomic E-state index is 0.287. The number of rotatable bonds is 6. The molecule has 0 aliphatic rings. The number of hydrogen-bond acceptors (Lipinski definition) is 5. The van der Waals surface area contributed by atoms with Crippen LogP contribution >= 0.6 is 11.6 Å². The molecule has 2 aromatic rings. The lowest BCUT2D eigenvalue weighted by molar-refractivity contribution is 0.0600. The molecule has 0 amide bonds. The number of pyridine rings is 1. The maximum Gasteiger partial charge on any atom is 0.338 e. The highest BCUT2D eigenvalue weighted by atomic mass is 35.5. The largest absolute Gasteiger partial charge is 0.490 e. The molecule has 0 saturated heterocycles. The number of methoxy groups -OCH3 is 1. The third kappa shape index (κ3) is 3.89. The summed E-state index contributed by atoms with van der Waals surface area (Å²) in [4.78, 5) is 15.6. The van der Waals surface area contributed by atoms with Gasteiger partial charge in [-0.05, 0) is 25.1 Å². The van der Waals surface area contributed by atoms with Crippen molar-refractivity contribution in [2.75, 3.05) is 13.7 Å². The summed E-state index contributed by atoms with van der Waals surface area (Å²) >= 11 is 6.21. The lowest BCUT2D eigenvalue weighted by Gasteiger charge is -2.14. The van der Waals surface area contributed by atoms with Gasteiger partial charge in [-0.1, -0.05) is 17.7 Å². The van der Waals surface area contributed by atoms with Crippen molar-refractivity contribution < 1.29 is 19.0 Å². The molecule has 5 nitrogen and oxygen atoms in total. The molecular weight excluding hydrogens is 306 g/mol. The third-order valence-electron chi connectivity index (χ3n) is 2.84. The summed E-state index contributed by atoms with van der Waals surface area (Å²) < 4.78 is 15.9. The first-order chi connectivity index (χ1) is 10.7. The highest BCUT2D eigenvalue weighted by Crippen LogP contribution is 2.37. The van der Waals surface area contributed by atoms with Gasteiger partial charge in [-0.25, -0.2) is 4.79 Å². The van der Waals surface area contributed by atoms with Gasteiger partial charge in [-0.3, -0.25) is 4.98 Å². The van der Waals surface area contributed by atoms with Gasteiger partial charge in [0.05, 0.1) is 24.3 Å². The highest BCUT2D eigenvalue weighted by molar-refractivity contribution is 6.32. The van der Waals surface area contributed by atoms with Gasteiger partial charge >= 0.3 is 5.97 Å². The number of ether oxygens (including phenoxy) is 3. The molecule has 6 heteroatoms. The average Bonchev–Trinajstić information content (AvgIpc) is 2.54. The Morgan fingerprint density at radius 3 is 2.77 bits per heavy atom. The van der Waals surface area contributed by atoms with Crippen molar-refractivity contribution in [1.82, 2.24) is 4.98 Å². The minimum Gasteiger partial charge on any atom is -0.490 e. The van der Waals surface area contributed by atoms with Crippen molar-refractivity contribution in [2.24, 2.45) is 0 Å². The molecule has 1 aromatic heterocycles. The summed E-state index contributed by atoms with van der Waals surface area (Å²) in [6, 6.07) is 6.77. The Labute approximate surface area is 133 Å². The second kappa shape index (κ2) is 7.66. The molecule has 0 bridgehead atoms. The molecule has 0 radical (unpaired) electrons. The summed E-state index contributed by atoms with van der Waals surface area (Å²) in [5, 5.41) is 0.287. The van der Waals surface area contributed by atoms with Gasteiger partial charge < -0.3 is 14.2 Å². The van der Waals surface area contributed by atoms with Crippen LogP contribution < -0.4 is 9.47 Å². The zero-order valence-electron chi connectivity index (χ0n) is 12.3. The highest BCUT2D eigenvalue weighted by Gasteiger charge is 2.16. The predicted molar refractivity (Wildman–Crippen MR) is 82.5 cm³/mol. The van der Waals surface area contributed by atoms with Crippen molar-refractivity contribution >= 4 is 17.6 Å². The maximum absolute atomic E-state index is 11.6. The fourth-order valence-electron chi connectivity index (χ4n) is 1.85. The van der Waals surface area contributed by atoms with Crippen molar-refractivity contribution in [2.45, 2.75) is 13.5 Å². The summed E-state index contributed by atoms with van der Waals surface area (Å²) in [7, 11) is 1.31. The van der Waals surface area contributed by atoms with Crippen molar-refractivity contribution in [1.29, 1.82) is 0 Å². The zero-order chi connectivity index (χ0) is 15.9. The second-order valence-electron chi connectivity index (χ2n) is 4.36. The SMILES string of the molecule is CCOc1cc(C(=O)OC)cc(Cl)c1OCc1cccnc1. The van der Waals surface area contributed by atoms with Gasteiger partial charge in [0.2, 0.25) is 0 Å². The van der Waals surface area contributed by atoms with E-state index in [0.29, 0.717) is 30.3 Å². The van der Waals surface area contributed by atoms with Crippen molar-refractivity contribution in [3.05, 3.63) is 52.8 Å². The van der Waals surface area contributed by atoms with E-state index >= 15 is 0 Å². The Morgan fingerprint density at radius 1 is 1.32 bits per heavy atom. The molecule has 0 aliphatic heterocycles. The lowest BCUT2D eigenvalue weighted by atomic mass is 10.2. The number of halogens is 1. The van der Waals surface area contributed by atoms with Gasteiger partial charge in [0, 0.05) is 18.0 Å². The van der Waals surface area contributed by atoms with E-state index in [1.165, 1.54) is 13.2 Å². The van der Waals surface area contributed by atoms with Crippen LogP contribution in [0.5, 0.6) is 11.5 Å². The van der Waals surface area contributed by atoms with Crippen LogP contribution in [-0.4, -0.2) is 24.7 Å². The van der Waals surface area contributed by atoms with Gasteiger partial charge in [-0.15, -0.1) is 0 Å². The maximum atomic E-state index is 11.6. The molecule has 116 valence electrons. The summed E-state index contributed by atoms with van der Waals surface area (Å²) in [5.74, 6) is 0.306. The molecule has 22 heavy (non-hydrogen) atoms. The van der Waals surface area contributed by atoms with Crippen LogP contribution in [0.3, 0.4) is 0 Å². The van der Waals surface area contributed by atoms with Crippen molar-refractivity contribution in [3.8, 4) is 11.5 Å². The van der Waals surface area contributed by atoms with E-state index in [4.69, 9.17) is 25.8 Å². The number of carbonyl (C=O) groups is 1. The van der Waals surface area contributed by atoms with Crippen LogP contribution in [0.4, 0.5) is 0 Å². The first-order valence-electron chi connectivity index (χ1n) is 6.72. The van der Waals surface area contributed by atoms with Crippen LogP contribution in [0.25, 0.3) is 0 Å². The second-order valence-corrected chi connectivity index (χ2v) is 4.77. The predicted octanol–water partition coefficient (Wildman–Crippen LogP) is 3.50. The molecule has 1 aromatic carbocycles. The molecule has 0 unspecified atom stereocenters. The lowest BCUT2D eigenvalue weighted by Crippen LogP contribution is -2.05. The van der Waals surface area contributed by atoms with Crippen LogP contribution in [0.15, 0.2) is 36.7 Å². The Bertz CT molecular complexity index is 646. The van der Waals surface area contributed by atoms with E-state index < -0.39 is 5.97 Å². The molecule has 1 heterocycles. The topological polar surface area (TPSA) is 57.7 Å². The first-order valence-corrected chi connectivity index (χ1v) is 7.09. The Balaban J connectivity index is 2.27. The summed E-state index contributed by atoms with van der Waals surface area (Å²) in [6.07, 6.45) is 3.39. The Kier molecular flexibility index (Phi) is 5.61. The zero-order valence-corrected chi connectivity index (χ0v) is 13.1. The quantitative estimate of drug-likeness (QED) is 0.762. The third-order valence-corrected chi connectivity index (χ3v) is 3.12. The molecule has 0 atom stereocenters. The van der Waals surface area contributed by atoms with Gasteiger partial charge in [0.15, 0.2) is 11.5 Å². The van der Waals surface area contributed by atoms with Crippen LogP contribution in [0.2, 0.25) is 5.02 Å². The van der Waals surface area contributed by atoms with Crippen molar-refractivity contribution in [3.63, 3.8) is 0 Å². The number of aromatic nitrogens is 1.